The van der Waals surface area contributed by atoms with Gasteiger partial charge in [0.2, 0.25) is 0 Å². The second-order valence-electron chi connectivity index (χ2n) is 4.71. The Labute approximate surface area is 116 Å². The molecule has 0 saturated carbocycles. The van der Waals surface area contributed by atoms with Gasteiger partial charge in [0.05, 0.1) is 17.1 Å². The van der Waals surface area contributed by atoms with E-state index in [1.54, 1.807) is 19.9 Å². The molecule has 0 spiro atoms. The minimum atomic E-state index is -2.96. The van der Waals surface area contributed by atoms with Gasteiger partial charge in [0.25, 0.3) is 0 Å². The van der Waals surface area contributed by atoms with Crippen LogP contribution in [-0.4, -0.2) is 41.2 Å². The third-order valence-electron chi connectivity index (χ3n) is 2.99. The van der Waals surface area contributed by atoms with Gasteiger partial charge in [0.1, 0.15) is 5.03 Å². The highest BCUT2D eigenvalue weighted by Gasteiger charge is 2.30. The van der Waals surface area contributed by atoms with E-state index in [-0.39, 0.29) is 22.3 Å². The molecule has 1 atom stereocenters. The van der Waals surface area contributed by atoms with Crippen molar-refractivity contribution in [3.63, 3.8) is 0 Å². The van der Waals surface area contributed by atoms with Crippen molar-refractivity contribution in [3.8, 4) is 0 Å². The highest BCUT2D eigenvalue weighted by atomic mass is 32.2. The van der Waals surface area contributed by atoms with Crippen LogP contribution in [0, 0.1) is 13.8 Å². The number of carboxylic acid groups (broad SMARTS) is 1. The number of pyridine rings is 1. The Morgan fingerprint density at radius 3 is 2.68 bits per heavy atom. The lowest BCUT2D eigenvalue weighted by Gasteiger charge is -2.12. The first-order valence-corrected chi connectivity index (χ1v) is 8.57. The standard InChI is InChI=1S/C12H15NO4S2/c1-7-5-8(2)13-11(10(7)12(14)15)18-9-3-4-19(16,17)6-9/h5,9H,3-4,6H2,1-2H3,(H,14,15). The molecule has 0 radical (unpaired) electrons. The van der Waals surface area contributed by atoms with E-state index in [0.29, 0.717) is 17.0 Å². The van der Waals surface area contributed by atoms with E-state index in [2.05, 4.69) is 4.98 Å². The first-order chi connectivity index (χ1) is 8.78. The fourth-order valence-corrected chi connectivity index (χ4v) is 5.86. The van der Waals surface area contributed by atoms with Crippen molar-refractivity contribution in [2.45, 2.75) is 30.5 Å². The lowest BCUT2D eigenvalue weighted by atomic mass is 10.1. The molecule has 0 bridgehead atoms. The molecule has 0 aromatic carbocycles. The lowest BCUT2D eigenvalue weighted by molar-refractivity contribution is 0.0691. The molecule has 1 N–H and O–H groups in total. The number of sulfone groups is 1. The normalized spacial score (nSPS) is 21.5. The van der Waals surface area contributed by atoms with Crippen molar-refractivity contribution >= 4 is 27.6 Å². The molecule has 0 aliphatic carbocycles. The number of rotatable bonds is 3. The zero-order valence-electron chi connectivity index (χ0n) is 10.7. The molecule has 1 saturated heterocycles. The summed E-state index contributed by atoms with van der Waals surface area (Å²) in [6.07, 6.45) is 0.556. The summed E-state index contributed by atoms with van der Waals surface area (Å²) in [7, 11) is -2.96. The van der Waals surface area contributed by atoms with Crippen LogP contribution in [0.1, 0.15) is 28.0 Å². The molecule has 104 valence electrons. The molecule has 1 aliphatic rings. The first-order valence-electron chi connectivity index (χ1n) is 5.87. The Hall–Kier alpha value is -1.08. The van der Waals surface area contributed by atoms with Crippen molar-refractivity contribution in [1.29, 1.82) is 0 Å². The van der Waals surface area contributed by atoms with Gasteiger partial charge in [-0.2, -0.15) is 0 Å². The van der Waals surface area contributed by atoms with Crippen LogP contribution in [0.4, 0.5) is 0 Å². The van der Waals surface area contributed by atoms with Crippen LogP contribution in [0.2, 0.25) is 0 Å². The Balaban J connectivity index is 2.32. The first kappa shape index (κ1) is 14.3. The van der Waals surface area contributed by atoms with E-state index in [9.17, 15) is 18.3 Å². The quantitative estimate of drug-likeness (QED) is 0.914. The topological polar surface area (TPSA) is 84.3 Å². The fraction of sp³-hybridized carbons (Fsp3) is 0.500. The summed E-state index contributed by atoms with van der Waals surface area (Å²) < 4.78 is 22.9. The summed E-state index contributed by atoms with van der Waals surface area (Å²) in [6.45, 7) is 3.53. The van der Waals surface area contributed by atoms with E-state index in [4.69, 9.17) is 0 Å². The minimum absolute atomic E-state index is 0.100. The van der Waals surface area contributed by atoms with E-state index >= 15 is 0 Å². The molecule has 2 rings (SSSR count). The number of thioether (sulfide) groups is 1. The predicted octanol–water partition coefficient (Wildman–Crippen LogP) is 1.68. The largest absolute Gasteiger partial charge is 0.478 e. The summed E-state index contributed by atoms with van der Waals surface area (Å²) in [6, 6.07) is 1.72. The maximum Gasteiger partial charge on any atom is 0.338 e. The molecule has 2 heterocycles. The van der Waals surface area contributed by atoms with Gasteiger partial charge in [0.15, 0.2) is 9.84 Å². The monoisotopic (exact) mass is 301 g/mol. The van der Waals surface area contributed by atoms with Gasteiger partial charge in [-0.05, 0) is 31.9 Å². The van der Waals surface area contributed by atoms with Crippen LogP contribution < -0.4 is 0 Å². The second-order valence-corrected chi connectivity index (χ2v) is 8.23. The SMILES string of the molecule is Cc1cc(C)c(C(=O)O)c(SC2CCS(=O)(=O)C2)n1. The summed E-state index contributed by atoms with van der Waals surface area (Å²) in [4.78, 5) is 15.5. The van der Waals surface area contributed by atoms with Crippen LogP contribution in [0.3, 0.4) is 0 Å². The zero-order chi connectivity index (χ0) is 14.2. The Morgan fingerprint density at radius 1 is 1.47 bits per heavy atom. The number of nitrogens with zero attached hydrogens (tertiary/aromatic N) is 1. The van der Waals surface area contributed by atoms with Crippen LogP contribution in [0.15, 0.2) is 11.1 Å². The maximum absolute atomic E-state index is 11.4. The molecular weight excluding hydrogens is 286 g/mol. The van der Waals surface area contributed by atoms with E-state index in [1.807, 2.05) is 0 Å². The Bertz CT molecular complexity index is 625. The molecule has 0 amide bonds. The van der Waals surface area contributed by atoms with Gasteiger partial charge in [-0.3, -0.25) is 0 Å². The number of carboxylic acids is 1. The number of aryl methyl sites for hydroxylation is 2. The van der Waals surface area contributed by atoms with E-state index in [1.165, 1.54) is 11.8 Å². The Kier molecular flexibility index (Phi) is 3.87. The van der Waals surface area contributed by atoms with Crippen molar-refractivity contribution in [3.05, 3.63) is 22.9 Å². The Morgan fingerprint density at radius 2 is 2.16 bits per heavy atom. The summed E-state index contributed by atoms with van der Waals surface area (Å²) in [5.41, 5.74) is 1.58. The zero-order valence-corrected chi connectivity index (χ0v) is 12.3. The number of hydrogen-bond acceptors (Lipinski definition) is 5. The average Bonchev–Trinajstić information content (AvgIpc) is 2.56. The van der Waals surface area contributed by atoms with E-state index in [0.717, 1.165) is 5.69 Å². The molecule has 1 aliphatic heterocycles. The van der Waals surface area contributed by atoms with Crippen molar-refractivity contribution in [2.75, 3.05) is 11.5 Å². The molecule has 5 nitrogen and oxygen atoms in total. The van der Waals surface area contributed by atoms with Gasteiger partial charge < -0.3 is 5.11 Å². The smallest absolute Gasteiger partial charge is 0.338 e. The van der Waals surface area contributed by atoms with Gasteiger partial charge in [0, 0.05) is 10.9 Å². The third kappa shape index (κ3) is 3.27. The maximum atomic E-state index is 11.4. The minimum Gasteiger partial charge on any atom is -0.478 e. The summed E-state index contributed by atoms with van der Waals surface area (Å²) in [5, 5.41) is 9.57. The van der Waals surface area contributed by atoms with E-state index < -0.39 is 15.8 Å². The highest BCUT2D eigenvalue weighted by Crippen LogP contribution is 2.33. The molecule has 1 aromatic heterocycles. The van der Waals surface area contributed by atoms with Gasteiger partial charge >= 0.3 is 5.97 Å². The summed E-state index contributed by atoms with van der Waals surface area (Å²) in [5.74, 6) is -0.739. The number of carbonyl (C=O) groups is 1. The molecule has 1 fully saturated rings. The van der Waals surface area contributed by atoms with Crippen molar-refractivity contribution in [1.82, 2.24) is 4.98 Å². The summed E-state index contributed by atoms with van der Waals surface area (Å²) >= 11 is 1.27. The molecule has 7 heteroatoms. The highest BCUT2D eigenvalue weighted by molar-refractivity contribution is 8.01. The van der Waals surface area contributed by atoms with Crippen LogP contribution in [0.5, 0.6) is 0 Å². The van der Waals surface area contributed by atoms with Crippen LogP contribution in [0.25, 0.3) is 0 Å². The lowest BCUT2D eigenvalue weighted by Crippen LogP contribution is -2.10. The van der Waals surface area contributed by atoms with Crippen molar-refractivity contribution in [2.24, 2.45) is 0 Å². The fourth-order valence-electron chi connectivity index (χ4n) is 2.16. The molecular formula is C12H15NO4S2. The van der Waals surface area contributed by atoms with Crippen LogP contribution in [-0.2, 0) is 9.84 Å². The number of aromatic carboxylic acids is 1. The van der Waals surface area contributed by atoms with Crippen molar-refractivity contribution < 1.29 is 18.3 Å². The number of hydrogen-bond donors (Lipinski definition) is 1. The van der Waals surface area contributed by atoms with Gasteiger partial charge in [-0.25, -0.2) is 18.2 Å². The molecule has 19 heavy (non-hydrogen) atoms. The number of aromatic nitrogens is 1. The molecule has 1 aromatic rings. The predicted molar refractivity (Wildman–Crippen MR) is 73.6 cm³/mol. The van der Waals surface area contributed by atoms with Gasteiger partial charge in [-0.1, -0.05) is 0 Å². The average molecular weight is 301 g/mol. The third-order valence-corrected chi connectivity index (χ3v) is 6.23. The second kappa shape index (κ2) is 5.13. The molecule has 1 unspecified atom stereocenters. The van der Waals surface area contributed by atoms with Gasteiger partial charge in [-0.15, -0.1) is 11.8 Å². The van der Waals surface area contributed by atoms with Crippen LogP contribution >= 0.6 is 11.8 Å².